The molecule has 0 fully saturated rings. The van der Waals surface area contributed by atoms with Crippen LogP contribution in [0.3, 0.4) is 0 Å². The van der Waals surface area contributed by atoms with Crippen molar-refractivity contribution >= 4 is 162 Å². The smallest absolute Gasteiger partial charge is 0.0640 e. The Bertz CT molecular complexity index is 6710. The van der Waals surface area contributed by atoms with E-state index >= 15 is 0 Å². The van der Waals surface area contributed by atoms with Crippen molar-refractivity contribution in [3.8, 4) is 55.6 Å². The van der Waals surface area contributed by atoms with Crippen molar-refractivity contribution in [2.24, 2.45) is 0 Å². The van der Waals surface area contributed by atoms with Gasteiger partial charge in [-0.1, -0.05) is 279 Å². The molecule has 0 radical (unpaired) electrons. The summed E-state index contributed by atoms with van der Waals surface area (Å²) in [6, 6.07) is 136. The first kappa shape index (κ1) is 57.8. The molecule has 2 nitrogen and oxygen atoms in total. The molecule has 0 N–H and O–H groups in total. The summed E-state index contributed by atoms with van der Waals surface area (Å²) in [5, 5.41) is 19.7. The number of thiophene rings is 2. The number of hydrogen-bond donors (Lipinski definition) is 0. The number of hydrogen-bond acceptors (Lipinski definition) is 4. The number of benzene rings is 18. The van der Waals surface area contributed by atoms with E-state index in [2.05, 4.69) is 374 Å². The molecular formula is C96H60N2S2. The predicted molar refractivity (Wildman–Crippen MR) is 434 cm³/mol. The minimum Gasteiger partial charge on any atom is -0.309 e. The van der Waals surface area contributed by atoms with Gasteiger partial charge in [-0.2, -0.15) is 0 Å². The van der Waals surface area contributed by atoms with Gasteiger partial charge in [-0.25, -0.2) is 0 Å². The van der Waals surface area contributed by atoms with Crippen LogP contribution in [-0.4, -0.2) is 0 Å². The second-order valence-corrected chi connectivity index (χ2v) is 28.3. The Hall–Kier alpha value is -12.4. The molecule has 0 saturated carbocycles. The van der Waals surface area contributed by atoms with Crippen LogP contribution in [0.25, 0.3) is 161 Å². The van der Waals surface area contributed by atoms with Crippen molar-refractivity contribution in [3.63, 3.8) is 0 Å². The third-order valence-corrected chi connectivity index (χ3v) is 22.9. The van der Waals surface area contributed by atoms with Crippen LogP contribution in [0.2, 0.25) is 0 Å². The van der Waals surface area contributed by atoms with Gasteiger partial charge >= 0.3 is 0 Å². The van der Waals surface area contributed by atoms with Gasteiger partial charge in [0, 0.05) is 63.6 Å². The molecule has 2 heterocycles. The zero-order valence-corrected chi connectivity index (χ0v) is 56.0. The molecule has 20 aromatic rings. The normalized spacial score (nSPS) is 11.8. The average Bonchev–Trinajstić information content (AvgIpc) is 1.08. The van der Waals surface area contributed by atoms with E-state index in [0.717, 1.165) is 73.1 Å². The first-order valence-corrected chi connectivity index (χ1v) is 35.9. The van der Waals surface area contributed by atoms with Crippen LogP contribution in [0.15, 0.2) is 364 Å². The van der Waals surface area contributed by atoms with Gasteiger partial charge < -0.3 is 9.80 Å². The molecule has 2 aromatic heterocycles. The molecule has 0 aliphatic carbocycles. The third kappa shape index (κ3) is 9.59. The van der Waals surface area contributed by atoms with Crippen molar-refractivity contribution in [3.05, 3.63) is 364 Å². The molecule has 0 bridgehead atoms. The van der Waals surface area contributed by atoms with Crippen molar-refractivity contribution in [2.75, 3.05) is 9.80 Å². The fourth-order valence-corrected chi connectivity index (χ4v) is 18.2. The van der Waals surface area contributed by atoms with Crippen LogP contribution >= 0.6 is 22.7 Å². The Morgan fingerprint density at radius 3 is 1.23 bits per heavy atom. The second-order valence-electron chi connectivity index (χ2n) is 26.2. The second kappa shape index (κ2) is 23.7. The maximum absolute atomic E-state index is 2.59. The van der Waals surface area contributed by atoms with Crippen LogP contribution in [0.1, 0.15) is 0 Å². The Balaban J connectivity index is 0.795. The van der Waals surface area contributed by atoms with Gasteiger partial charge in [-0.05, 0) is 183 Å². The fraction of sp³-hybridized carbons (Fsp3) is 0. The van der Waals surface area contributed by atoms with Gasteiger partial charge in [0.1, 0.15) is 0 Å². The quantitative estimate of drug-likeness (QED) is 0.119. The van der Waals surface area contributed by atoms with E-state index < -0.39 is 0 Å². The van der Waals surface area contributed by atoms with Crippen LogP contribution in [0.5, 0.6) is 0 Å². The summed E-state index contributed by atoms with van der Waals surface area (Å²) in [5.41, 5.74) is 18.2. The summed E-state index contributed by atoms with van der Waals surface area (Å²) in [4.78, 5) is 5.11. The van der Waals surface area contributed by atoms with Crippen LogP contribution in [0.4, 0.5) is 34.1 Å². The SMILES string of the molecule is c1ccc(N(c2ccc3sc4cc(-c5ccc(-c6cc7ccccc7c7ccccc67)c(N(c6ccccc6-c6ccc7ccccc7c6)c6cccc7c6sc6ccccc67)c5)ccc4c3c2)c2ccccc2-c2cc3ccccc3c3ccccc23)c(-c2ccc3ccccc3c2)c1. The molecule has 466 valence electrons. The number of anilines is 6. The van der Waals surface area contributed by atoms with E-state index in [1.165, 1.54) is 122 Å². The van der Waals surface area contributed by atoms with Crippen molar-refractivity contribution < 1.29 is 0 Å². The van der Waals surface area contributed by atoms with Gasteiger partial charge in [0.05, 0.1) is 33.1 Å². The zero-order chi connectivity index (χ0) is 65.8. The molecule has 20 rings (SSSR count). The number of rotatable bonds is 11. The van der Waals surface area contributed by atoms with E-state index in [4.69, 9.17) is 0 Å². The molecular weight excluding hydrogens is 1250 g/mol. The Morgan fingerprint density at radius 1 is 0.170 bits per heavy atom. The van der Waals surface area contributed by atoms with E-state index in [0.29, 0.717) is 0 Å². The zero-order valence-electron chi connectivity index (χ0n) is 54.4. The highest BCUT2D eigenvalue weighted by molar-refractivity contribution is 7.26. The molecule has 0 aliphatic rings. The summed E-state index contributed by atoms with van der Waals surface area (Å²) in [5.74, 6) is 0. The van der Waals surface area contributed by atoms with Gasteiger partial charge in [-0.3, -0.25) is 0 Å². The van der Waals surface area contributed by atoms with Gasteiger partial charge in [0.15, 0.2) is 0 Å². The van der Waals surface area contributed by atoms with E-state index in [1.807, 2.05) is 22.7 Å². The molecule has 0 spiro atoms. The largest absolute Gasteiger partial charge is 0.309 e. The van der Waals surface area contributed by atoms with E-state index in [-0.39, 0.29) is 0 Å². The lowest BCUT2D eigenvalue weighted by Crippen LogP contribution is -2.13. The van der Waals surface area contributed by atoms with Gasteiger partial charge in [0.2, 0.25) is 0 Å². The average molecular weight is 1310 g/mol. The molecule has 4 heteroatoms. The summed E-state index contributed by atoms with van der Waals surface area (Å²) in [6.45, 7) is 0. The molecule has 0 aliphatic heterocycles. The topological polar surface area (TPSA) is 6.48 Å². The van der Waals surface area contributed by atoms with Crippen molar-refractivity contribution in [1.82, 2.24) is 0 Å². The highest BCUT2D eigenvalue weighted by atomic mass is 32.1. The molecule has 0 saturated heterocycles. The first-order chi connectivity index (χ1) is 49.6. The Morgan fingerprint density at radius 2 is 0.600 bits per heavy atom. The van der Waals surface area contributed by atoms with Crippen LogP contribution < -0.4 is 9.80 Å². The maximum Gasteiger partial charge on any atom is 0.0640 e. The van der Waals surface area contributed by atoms with Crippen LogP contribution in [-0.2, 0) is 0 Å². The van der Waals surface area contributed by atoms with Gasteiger partial charge in [0.25, 0.3) is 0 Å². The van der Waals surface area contributed by atoms with Crippen molar-refractivity contribution in [1.29, 1.82) is 0 Å². The molecule has 0 unspecified atom stereocenters. The lowest BCUT2D eigenvalue weighted by atomic mass is 9.90. The summed E-state index contributed by atoms with van der Waals surface area (Å²) >= 11 is 3.74. The Labute approximate surface area is 587 Å². The Kier molecular flexibility index (Phi) is 13.7. The van der Waals surface area contributed by atoms with E-state index in [9.17, 15) is 0 Å². The standard InChI is InChI=1S/C96H60N2S2/c1-3-24-63-54-69(46-44-61(63)22-1)74-30-13-17-39-88(74)97(90-41-19-15-36-80(90)85-56-67-26-5-7-28-72(67)76-32-9-11-34-78(76)85)71-50-53-94-87(60-71)83-52-49-66(59-95(83)99-94)65-48-51-81(86-57-68-27-6-8-29-73(68)77-33-10-12-35-79(77)86)92(58-65)98(91-42-21-38-84-82-37-16-20-43-93(82)100-96(84)91)89-40-18-14-31-75(89)70-47-45-62-23-2-4-25-64(62)55-70/h1-60H. The molecule has 18 aromatic carbocycles. The lowest BCUT2D eigenvalue weighted by Gasteiger charge is -2.31. The summed E-state index contributed by atoms with van der Waals surface area (Å²) < 4.78 is 4.98. The molecule has 0 atom stereocenters. The maximum atomic E-state index is 2.59. The lowest BCUT2D eigenvalue weighted by molar-refractivity contribution is 1.29. The summed E-state index contributed by atoms with van der Waals surface area (Å²) in [7, 11) is 0. The highest BCUT2D eigenvalue weighted by Gasteiger charge is 2.28. The minimum absolute atomic E-state index is 1.08. The summed E-state index contributed by atoms with van der Waals surface area (Å²) in [6.07, 6.45) is 0. The van der Waals surface area contributed by atoms with Crippen LogP contribution in [0, 0.1) is 0 Å². The highest BCUT2D eigenvalue weighted by Crippen LogP contribution is 2.54. The molecule has 0 amide bonds. The fourth-order valence-electron chi connectivity index (χ4n) is 15.9. The van der Waals surface area contributed by atoms with Crippen molar-refractivity contribution in [2.45, 2.75) is 0 Å². The molecule has 100 heavy (non-hydrogen) atoms. The third-order valence-electron chi connectivity index (χ3n) is 20.6. The number of fused-ring (bicyclic) bond motifs is 14. The number of nitrogens with zero attached hydrogens (tertiary/aromatic N) is 2. The predicted octanol–water partition coefficient (Wildman–Crippen LogP) is 28.6. The van der Waals surface area contributed by atoms with Gasteiger partial charge in [-0.15, -0.1) is 22.7 Å². The number of para-hydroxylation sites is 3. The van der Waals surface area contributed by atoms with E-state index in [1.54, 1.807) is 0 Å². The monoisotopic (exact) mass is 1300 g/mol. The first-order valence-electron chi connectivity index (χ1n) is 34.3. The minimum atomic E-state index is 1.08.